The number of aryl methyl sites for hydroxylation is 2. The Morgan fingerprint density at radius 1 is 1.13 bits per heavy atom. The van der Waals surface area contributed by atoms with Crippen molar-refractivity contribution in [3.05, 3.63) is 46.0 Å². The van der Waals surface area contributed by atoms with Crippen LogP contribution in [0.1, 0.15) is 30.0 Å². The maximum atomic E-state index is 12.4. The van der Waals surface area contributed by atoms with Crippen LogP contribution in [0.25, 0.3) is 4.91 Å². The van der Waals surface area contributed by atoms with E-state index in [1.54, 1.807) is 19.1 Å². The molecule has 1 aromatic heterocycles. The highest BCUT2D eigenvalue weighted by Gasteiger charge is 2.31. The maximum absolute atomic E-state index is 12.4. The number of hydrogen-bond donors (Lipinski definition) is 1. The van der Waals surface area contributed by atoms with E-state index in [1.165, 1.54) is 11.3 Å². The molecule has 0 amide bonds. The highest BCUT2D eigenvalue weighted by molar-refractivity contribution is 8.00. The zero-order valence-electron chi connectivity index (χ0n) is 13.0. The third-order valence-corrected chi connectivity index (χ3v) is 5.94. The molecular weight excluding hydrogens is 332 g/mol. The average Bonchev–Trinajstić information content (AvgIpc) is 3.04. The molecule has 0 spiro atoms. The van der Waals surface area contributed by atoms with Gasteiger partial charge in [0.1, 0.15) is 15.7 Å². The Morgan fingerprint density at radius 2 is 1.83 bits per heavy atom. The van der Waals surface area contributed by atoms with E-state index in [2.05, 4.69) is 19.9 Å². The standard InChI is InChI=1S/C15H16N4O2S2/c1-4-12-17-18-15(22-12)16-14-10(3)13(23(20,21)19-14)11-7-5-9(2)6-8-11/h5-8H,4H2,1-3H3,(H,16,18,19). The number of nitrogens with one attached hydrogen (secondary N) is 1. The molecule has 23 heavy (non-hydrogen) atoms. The van der Waals surface area contributed by atoms with Gasteiger partial charge in [0.05, 0.1) is 0 Å². The number of sulfonamides is 1. The van der Waals surface area contributed by atoms with Crippen molar-refractivity contribution in [2.24, 2.45) is 4.40 Å². The van der Waals surface area contributed by atoms with Crippen LogP contribution in [0, 0.1) is 6.92 Å². The Kier molecular flexibility index (Phi) is 4.03. The van der Waals surface area contributed by atoms with Crippen molar-refractivity contribution < 1.29 is 8.42 Å². The zero-order valence-corrected chi connectivity index (χ0v) is 14.6. The lowest BCUT2D eigenvalue weighted by molar-refractivity contribution is 0.608. The van der Waals surface area contributed by atoms with Crippen LogP contribution in [-0.2, 0) is 16.4 Å². The minimum absolute atomic E-state index is 0.236. The van der Waals surface area contributed by atoms with Crippen molar-refractivity contribution in [1.82, 2.24) is 10.2 Å². The molecule has 120 valence electrons. The van der Waals surface area contributed by atoms with Gasteiger partial charge in [-0.25, -0.2) is 0 Å². The van der Waals surface area contributed by atoms with Gasteiger partial charge in [0.15, 0.2) is 0 Å². The summed E-state index contributed by atoms with van der Waals surface area (Å²) >= 11 is 1.39. The summed E-state index contributed by atoms with van der Waals surface area (Å²) in [5, 5.41) is 12.4. The number of benzene rings is 1. The van der Waals surface area contributed by atoms with Gasteiger partial charge in [-0.3, -0.25) is 0 Å². The lowest BCUT2D eigenvalue weighted by Crippen LogP contribution is -2.11. The first kappa shape index (κ1) is 15.8. The van der Waals surface area contributed by atoms with E-state index in [1.807, 2.05) is 26.0 Å². The summed E-state index contributed by atoms with van der Waals surface area (Å²) in [5.74, 6) is 0.305. The molecular formula is C15H16N4O2S2. The first-order chi connectivity index (χ1) is 10.9. The number of anilines is 1. The van der Waals surface area contributed by atoms with Gasteiger partial charge in [0.2, 0.25) is 5.13 Å². The third-order valence-electron chi connectivity index (χ3n) is 3.47. The van der Waals surface area contributed by atoms with Gasteiger partial charge in [-0.15, -0.1) is 14.6 Å². The first-order valence-electron chi connectivity index (χ1n) is 7.13. The molecule has 1 aliphatic rings. The van der Waals surface area contributed by atoms with Crippen LogP contribution >= 0.6 is 11.3 Å². The van der Waals surface area contributed by atoms with Crippen LogP contribution in [0.5, 0.6) is 0 Å². The molecule has 2 heterocycles. The Bertz CT molecular complexity index is 909. The third kappa shape index (κ3) is 3.04. The summed E-state index contributed by atoms with van der Waals surface area (Å²) < 4.78 is 28.7. The van der Waals surface area contributed by atoms with Crippen molar-refractivity contribution in [3.8, 4) is 0 Å². The van der Waals surface area contributed by atoms with Crippen molar-refractivity contribution in [3.63, 3.8) is 0 Å². The number of hydrogen-bond acceptors (Lipinski definition) is 6. The Balaban J connectivity index is 1.98. The molecule has 0 bridgehead atoms. The predicted molar refractivity (Wildman–Crippen MR) is 93.0 cm³/mol. The molecule has 8 heteroatoms. The second kappa shape index (κ2) is 5.86. The molecule has 0 unspecified atom stereocenters. The molecule has 0 aliphatic carbocycles. The van der Waals surface area contributed by atoms with Gasteiger partial charge in [-0.2, -0.15) is 8.42 Å². The molecule has 1 aromatic carbocycles. The van der Waals surface area contributed by atoms with Crippen LogP contribution in [-0.4, -0.2) is 24.5 Å². The highest BCUT2D eigenvalue weighted by atomic mass is 32.2. The van der Waals surface area contributed by atoms with Crippen LogP contribution < -0.4 is 5.32 Å². The summed E-state index contributed by atoms with van der Waals surface area (Å²) in [7, 11) is -3.71. The zero-order chi connectivity index (χ0) is 16.6. The number of aromatic nitrogens is 2. The first-order valence-corrected chi connectivity index (χ1v) is 9.39. The second-order valence-electron chi connectivity index (χ2n) is 5.21. The molecule has 0 radical (unpaired) electrons. The van der Waals surface area contributed by atoms with Gasteiger partial charge in [-0.1, -0.05) is 48.1 Å². The summed E-state index contributed by atoms with van der Waals surface area (Å²) in [6.45, 7) is 5.69. The number of nitrogens with zero attached hydrogens (tertiary/aromatic N) is 3. The molecule has 0 saturated heterocycles. The van der Waals surface area contributed by atoms with E-state index in [0.29, 0.717) is 22.1 Å². The SMILES string of the molecule is CCc1nnc(NC2=NS(=O)(=O)C(c3ccc(C)cc3)=C2C)s1. The van der Waals surface area contributed by atoms with Crippen molar-refractivity contribution >= 4 is 37.2 Å². The fourth-order valence-electron chi connectivity index (χ4n) is 2.27. The van der Waals surface area contributed by atoms with Crippen molar-refractivity contribution in [2.75, 3.05) is 5.32 Å². The maximum Gasteiger partial charge on any atom is 0.285 e. The number of rotatable bonds is 3. The van der Waals surface area contributed by atoms with Crippen LogP contribution in [0.3, 0.4) is 0 Å². The Hall–Kier alpha value is -2.06. The molecule has 3 rings (SSSR count). The quantitative estimate of drug-likeness (QED) is 0.922. The molecule has 1 N–H and O–H groups in total. The Labute approximate surface area is 139 Å². The van der Waals surface area contributed by atoms with Gasteiger partial charge >= 0.3 is 0 Å². The summed E-state index contributed by atoms with van der Waals surface area (Å²) in [5.41, 5.74) is 2.30. The van der Waals surface area contributed by atoms with Gasteiger partial charge in [-0.05, 0) is 25.8 Å². The van der Waals surface area contributed by atoms with E-state index in [-0.39, 0.29) is 4.91 Å². The summed E-state index contributed by atoms with van der Waals surface area (Å²) in [4.78, 5) is 0.236. The van der Waals surface area contributed by atoms with E-state index in [4.69, 9.17) is 0 Å². The second-order valence-corrected chi connectivity index (χ2v) is 7.82. The largest absolute Gasteiger partial charge is 0.314 e. The highest BCUT2D eigenvalue weighted by Crippen LogP contribution is 2.33. The summed E-state index contributed by atoms with van der Waals surface area (Å²) in [6, 6.07) is 7.36. The average molecular weight is 348 g/mol. The molecule has 0 saturated carbocycles. The fourth-order valence-corrected chi connectivity index (χ4v) is 4.38. The van der Waals surface area contributed by atoms with Crippen LogP contribution in [0.15, 0.2) is 34.2 Å². The smallest absolute Gasteiger partial charge is 0.285 e. The molecule has 0 atom stereocenters. The minimum atomic E-state index is -3.71. The van der Waals surface area contributed by atoms with Crippen LogP contribution in [0.2, 0.25) is 0 Å². The van der Waals surface area contributed by atoms with Gasteiger partial charge in [0, 0.05) is 5.57 Å². The number of amidine groups is 1. The van der Waals surface area contributed by atoms with Crippen molar-refractivity contribution in [1.29, 1.82) is 0 Å². The van der Waals surface area contributed by atoms with E-state index >= 15 is 0 Å². The summed E-state index contributed by atoms with van der Waals surface area (Å²) in [6.07, 6.45) is 0.785. The monoisotopic (exact) mass is 348 g/mol. The normalized spacial score (nSPS) is 16.6. The Morgan fingerprint density at radius 3 is 2.43 bits per heavy atom. The molecule has 1 aliphatic heterocycles. The van der Waals surface area contributed by atoms with E-state index in [9.17, 15) is 8.42 Å². The van der Waals surface area contributed by atoms with E-state index < -0.39 is 10.0 Å². The van der Waals surface area contributed by atoms with E-state index in [0.717, 1.165) is 17.0 Å². The minimum Gasteiger partial charge on any atom is -0.314 e. The molecule has 0 fully saturated rings. The van der Waals surface area contributed by atoms with Crippen LogP contribution in [0.4, 0.5) is 5.13 Å². The molecule has 2 aromatic rings. The lowest BCUT2D eigenvalue weighted by atomic mass is 10.1. The van der Waals surface area contributed by atoms with Gasteiger partial charge < -0.3 is 5.32 Å². The molecule has 6 nitrogen and oxygen atoms in total. The van der Waals surface area contributed by atoms with Gasteiger partial charge in [0.25, 0.3) is 10.0 Å². The van der Waals surface area contributed by atoms with Crippen molar-refractivity contribution in [2.45, 2.75) is 27.2 Å². The lowest BCUT2D eigenvalue weighted by Gasteiger charge is -2.04. The fraction of sp³-hybridized carbons (Fsp3) is 0.267. The topological polar surface area (TPSA) is 84.3 Å². The predicted octanol–water partition coefficient (Wildman–Crippen LogP) is 2.99.